The first kappa shape index (κ1) is 13.5. The number of carbonyl (C=O) groups is 2. The average molecular weight is 262 g/mol. The van der Waals surface area contributed by atoms with Crippen molar-refractivity contribution in [3.8, 4) is 0 Å². The normalized spacial score (nSPS) is 18.1. The zero-order chi connectivity index (χ0) is 13.7. The third-order valence-electron chi connectivity index (χ3n) is 2.96. The molecule has 0 unspecified atom stereocenters. The van der Waals surface area contributed by atoms with Crippen LogP contribution in [0.4, 0.5) is 5.69 Å². The van der Waals surface area contributed by atoms with Crippen LogP contribution in [-0.4, -0.2) is 31.1 Å². The highest BCUT2D eigenvalue weighted by molar-refractivity contribution is 5.96. The lowest BCUT2D eigenvalue weighted by Crippen LogP contribution is -2.31. The summed E-state index contributed by atoms with van der Waals surface area (Å²) in [4.78, 5) is 22.9. The second-order valence-electron chi connectivity index (χ2n) is 4.61. The van der Waals surface area contributed by atoms with Gasteiger partial charge in [0, 0.05) is 31.3 Å². The largest absolute Gasteiger partial charge is 0.376 e. The molecular weight excluding hydrogens is 244 g/mol. The van der Waals surface area contributed by atoms with E-state index in [0.29, 0.717) is 17.8 Å². The Labute approximate surface area is 112 Å². The molecular formula is C14H18N2O3. The number of rotatable bonds is 4. The molecule has 2 rings (SSSR count). The van der Waals surface area contributed by atoms with Crippen LogP contribution in [-0.2, 0) is 9.53 Å². The predicted molar refractivity (Wildman–Crippen MR) is 72.1 cm³/mol. The molecule has 2 amide bonds. The van der Waals surface area contributed by atoms with E-state index in [-0.39, 0.29) is 17.9 Å². The summed E-state index contributed by atoms with van der Waals surface area (Å²) >= 11 is 0. The molecule has 1 heterocycles. The predicted octanol–water partition coefficient (Wildman–Crippen LogP) is 1.55. The van der Waals surface area contributed by atoms with Gasteiger partial charge in [0.05, 0.1) is 6.10 Å². The van der Waals surface area contributed by atoms with Gasteiger partial charge in [0.2, 0.25) is 5.91 Å². The van der Waals surface area contributed by atoms with Crippen molar-refractivity contribution in [1.29, 1.82) is 0 Å². The SMILES string of the molecule is CC(=O)Nc1cccc(C(=O)NC[C@@H]2CCCO2)c1. The van der Waals surface area contributed by atoms with Crippen molar-refractivity contribution in [1.82, 2.24) is 5.32 Å². The van der Waals surface area contributed by atoms with E-state index in [1.807, 2.05) is 0 Å². The molecule has 1 aromatic carbocycles. The van der Waals surface area contributed by atoms with E-state index in [4.69, 9.17) is 4.74 Å². The first-order valence-electron chi connectivity index (χ1n) is 6.42. The Morgan fingerprint density at radius 3 is 2.95 bits per heavy atom. The Morgan fingerprint density at radius 1 is 1.42 bits per heavy atom. The number of nitrogens with one attached hydrogen (secondary N) is 2. The molecule has 1 saturated heterocycles. The summed E-state index contributed by atoms with van der Waals surface area (Å²) in [6.45, 7) is 2.74. The van der Waals surface area contributed by atoms with E-state index < -0.39 is 0 Å². The Balaban J connectivity index is 1.92. The molecule has 19 heavy (non-hydrogen) atoms. The number of benzene rings is 1. The van der Waals surface area contributed by atoms with Gasteiger partial charge in [0.1, 0.15) is 0 Å². The molecule has 1 fully saturated rings. The van der Waals surface area contributed by atoms with Gasteiger partial charge in [-0.25, -0.2) is 0 Å². The second-order valence-corrected chi connectivity index (χ2v) is 4.61. The minimum absolute atomic E-state index is 0.127. The van der Waals surface area contributed by atoms with Crippen LogP contribution in [0.2, 0.25) is 0 Å². The van der Waals surface area contributed by atoms with Crippen molar-refractivity contribution < 1.29 is 14.3 Å². The zero-order valence-corrected chi connectivity index (χ0v) is 10.9. The molecule has 5 heteroatoms. The first-order valence-corrected chi connectivity index (χ1v) is 6.42. The van der Waals surface area contributed by atoms with Crippen LogP contribution in [0.3, 0.4) is 0 Å². The lowest BCUT2D eigenvalue weighted by Gasteiger charge is -2.11. The van der Waals surface area contributed by atoms with Crippen LogP contribution in [0.25, 0.3) is 0 Å². The van der Waals surface area contributed by atoms with Crippen LogP contribution < -0.4 is 10.6 Å². The van der Waals surface area contributed by atoms with Gasteiger partial charge in [0.15, 0.2) is 0 Å². The Kier molecular flexibility index (Phi) is 4.52. The highest BCUT2D eigenvalue weighted by Gasteiger charge is 2.16. The van der Waals surface area contributed by atoms with Gasteiger partial charge in [-0.2, -0.15) is 0 Å². The van der Waals surface area contributed by atoms with Crippen molar-refractivity contribution in [2.24, 2.45) is 0 Å². The molecule has 102 valence electrons. The summed E-state index contributed by atoms with van der Waals surface area (Å²) in [5.41, 5.74) is 1.15. The maximum Gasteiger partial charge on any atom is 0.251 e. The van der Waals surface area contributed by atoms with E-state index >= 15 is 0 Å². The molecule has 5 nitrogen and oxygen atoms in total. The molecule has 0 saturated carbocycles. The Bertz CT molecular complexity index is 468. The number of amides is 2. The Morgan fingerprint density at radius 2 is 2.26 bits per heavy atom. The van der Waals surface area contributed by atoms with Gasteiger partial charge in [-0.05, 0) is 31.0 Å². The van der Waals surface area contributed by atoms with Crippen molar-refractivity contribution >= 4 is 17.5 Å². The third kappa shape index (κ3) is 4.06. The van der Waals surface area contributed by atoms with Crippen molar-refractivity contribution in [3.63, 3.8) is 0 Å². The van der Waals surface area contributed by atoms with E-state index in [2.05, 4.69) is 10.6 Å². The van der Waals surface area contributed by atoms with Crippen molar-refractivity contribution in [2.45, 2.75) is 25.9 Å². The molecule has 1 aliphatic rings. The van der Waals surface area contributed by atoms with Crippen LogP contribution in [0.5, 0.6) is 0 Å². The van der Waals surface area contributed by atoms with Crippen LogP contribution in [0.1, 0.15) is 30.1 Å². The number of anilines is 1. The second kappa shape index (κ2) is 6.33. The highest BCUT2D eigenvalue weighted by atomic mass is 16.5. The van der Waals surface area contributed by atoms with Crippen LogP contribution in [0, 0.1) is 0 Å². The summed E-state index contributed by atoms with van der Waals surface area (Å²) in [6.07, 6.45) is 2.17. The fourth-order valence-corrected chi connectivity index (χ4v) is 2.06. The van der Waals surface area contributed by atoms with Gasteiger partial charge < -0.3 is 15.4 Å². The van der Waals surface area contributed by atoms with E-state index in [9.17, 15) is 9.59 Å². The van der Waals surface area contributed by atoms with Gasteiger partial charge in [-0.15, -0.1) is 0 Å². The minimum atomic E-state index is -0.156. The number of hydrogen-bond donors (Lipinski definition) is 2. The molecule has 0 bridgehead atoms. The van der Waals surface area contributed by atoms with E-state index in [0.717, 1.165) is 19.4 Å². The van der Waals surface area contributed by atoms with Gasteiger partial charge in [-0.3, -0.25) is 9.59 Å². The van der Waals surface area contributed by atoms with Gasteiger partial charge >= 0.3 is 0 Å². The topological polar surface area (TPSA) is 67.4 Å². The summed E-state index contributed by atoms with van der Waals surface area (Å²) in [5.74, 6) is -0.306. The maximum atomic E-state index is 12.0. The quantitative estimate of drug-likeness (QED) is 0.865. The molecule has 2 N–H and O–H groups in total. The molecule has 0 radical (unpaired) electrons. The number of ether oxygens (including phenoxy) is 1. The standard InChI is InChI=1S/C14H18N2O3/c1-10(17)16-12-5-2-4-11(8-12)14(18)15-9-13-6-3-7-19-13/h2,4-5,8,13H,3,6-7,9H2,1H3,(H,15,18)(H,16,17)/t13-/m0/s1. The monoisotopic (exact) mass is 262 g/mol. The fourth-order valence-electron chi connectivity index (χ4n) is 2.06. The van der Waals surface area contributed by atoms with Crippen molar-refractivity contribution in [2.75, 3.05) is 18.5 Å². The molecule has 0 spiro atoms. The lowest BCUT2D eigenvalue weighted by molar-refractivity contribution is -0.114. The Hall–Kier alpha value is -1.88. The smallest absolute Gasteiger partial charge is 0.251 e. The number of carbonyl (C=O) groups excluding carboxylic acids is 2. The third-order valence-corrected chi connectivity index (χ3v) is 2.96. The van der Waals surface area contributed by atoms with Gasteiger partial charge in [0.25, 0.3) is 5.91 Å². The molecule has 0 aliphatic carbocycles. The van der Waals surface area contributed by atoms with E-state index in [1.54, 1.807) is 24.3 Å². The summed E-state index contributed by atoms with van der Waals surface area (Å²) < 4.78 is 5.44. The lowest BCUT2D eigenvalue weighted by atomic mass is 10.1. The summed E-state index contributed by atoms with van der Waals surface area (Å²) in [6, 6.07) is 6.87. The minimum Gasteiger partial charge on any atom is -0.376 e. The number of hydrogen-bond acceptors (Lipinski definition) is 3. The zero-order valence-electron chi connectivity index (χ0n) is 10.9. The molecule has 1 atom stereocenters. The molecule has 1 aliphatic heterocycles. The summed E-state index contributed by atoms with van der Waals surface area (Å²) in [7, 11) is 0. The summed E-state index contributed by atoms with van der Waals surface area (Å²) in [5, 5.41) is 5.50. The molecule has 0 aromatic heterocycles. The van der Waals surface area contributed by atoms with Crippen LogP contribution >= 0.6 is 0 Å². The molecule has 1 aromatic rings. The van der Waals surface area contributed by atoms with Crippen molar-refractivity contribution in [3.05, 3.63) is 29.8 Å². The first-order chi connectivity index (χ1) is 9.15. The highest BCUT2D eigenvalue weighted by Crippen LogP contribution is 2.12. The van der Waals surface area contributed by atoms with Gasteiger partial charge in [-0.1, -0.05) is 6.07 Å². The average Bonchev–Trinajstić information content (AvgIpc) is 2.88. The maximum absolute atomic E-state index is 12.0. The van der Waals surface area contributed by atoms with E-state index in [1.165, 1.54) is 6.92 Å². The van der Waals surface area contributed by atoms with Crippen LogP contribution in [0.15, 0.2) is 24.3 Å². The fraction of sp³-hybridized carbons (Fsp3) is 0.429.